The highest BCUT2D eigenvalue weighted by atomic mass is 32.2. The fraction of sp³-hybridized carbons (Fsp3) is 0.661. The first-order chi connectivity index (χ1) is 38.6. The Labute approximate surface area is 473 Å². The van der Waals surface area contributed by atoms with Crippen LogP contribution in [0.4, 0.5) is 23.3 Å². The lowest BCUT2D eigenvalue weighted by molar-refractivity contribution is -0.125. The zero-order chi connectivity index (χ0) is 55.3. The normalized spacial score (nSPS) is 25.3. The number of fused-ring (bicyclic) bond motifs is 2. The second kappa shape index (κ2) is 22.8. The third kappa shape index (κ3) is 12.0. The minimum Gasteiger partial charge on any atom is -0.393 e. The summed E-state index contributed by atoms with van der Waals surface area (Å²) < 4.78 is 60.8. The van der Waals surface area contributed by atoms with Crippen molar-refractivity contribution in [2.75, 3.05) is 138 Å². The number of piperidine rings is 2. The van der Waals surface area contributed by atoms with Crippen LogP contribution in [0.15, 0.2) is 72.7 Å². The molecule has 9 heterocycles. The molecule has 1 atom stereocenters. The Morgan fingerprint density at radius 2 is 1.25 bits per heavy atom. The van der Waals surface area contributed by atoms with Crippen molar-refractivity contribution in [1.82, 2.24) is 38.3 Å². The van der Waals surface area contributed by atoms with E-state index in [4.69, 9.17) is 19.4 Å². The summed E-state index contributed by atoms with van der Waals surface area (Å²) in [6, 6.07) is 13.7. The van der Waals surface area contributed by atoms with Crippen LogP contribution in [-0.4, -0.2) is 202 Å². The molecular formula is C59H84N12O7S2. The van der Waals surface area contributed by atoms with Gasteiger partial charge in [0, 0.05) is 156 Å². The molecule has 80 heavy (non-hydrogen) atoms. The Morgan fingerprint density at radius 1 is 0.700 bits per heavy atom. The van der Waals surface area contributed by atoms with Crippen LogP contribution in [0.1, 0.15) is 83.5 Å². The van der Waals surface area contributed by atoms with E-state index in [0.29, 0.717) is 54.3 Å². The SMILES string of the molecule is C1=CCCC(N2CC3(CCOCC3)C2C2CC2)=C1.COCCN1CCC2(C1)CN(c1cccc3cnc(NC4CCN(S(C)(=O)=O)CC4)nc13)C2.CS(=O)(=O)N1CCC(Nc2ncc3cccc(N4CC5(CC(O)C5)C4)c3n2)CC1. The van der Waals surface area contributed by atoms with Gasteiger partial charge in [-0.15, -0.1) is 0 Å². The van der Waals surface area contributed by atoms with Crippen molar-refractivity contribution in [3.05, 3.63) is 72.7 Å². The van der Waals surface area contributed by atoms with Crippen LogP contribution in [0.2, 0.25) is 0 Å². The second-order valence-electron chi connectivity index (χ2n) is 25.3. The van der Waals surface area contributed by atoms with Crippen molar-refractivity contribution in [3.63, 3.8) is 0 Å². The maximum Gasteiger partial charge on any atom is 0.223 e. The molecule has 3 aliphatic carbocycles. The van der Waals surface area contributed by atoms with Crippen LogP contribution in [0.5, 0.6) is 0 Å². The molecule has 3 N–H and O–H groups in total. The molecule has 434 valence electrons. The molecule has 0 amide bonds. The van der Waals surface area contributed by atoms with Gasteiger partial charge in [0.15, 0.2) is 0 Å². The molecule has 9 fully saturated rings. The fourth-order valence-corrected chi connectivity index (χ4v) is 16.5. The summed E-state index contributed by atoms with van der Waals surface area (Å²) in [5.41, 5.74) is 7.10. The molecule has 14 rings (SSSR count). The summed E-state index contributed by atoms with van der Waals surface area (Å²) in [6.07, 6.45) is 27.1. The van der Waals surface area contributed by atoms with Gasteiger partial charge in [-0.05, 0) is 114 Å². The molecule has 7 saturated heterocycles. The average molecular weight is 1140 g/mol. The number of aliphatic hydroxyl groups excluding tert-OH is 1. The number of benzene rings is 2. The molecule has 4 aromatic rings. The predicted octanol–water partition coefficient (Wildman–Crippen LogP) is 6.16. The number of hydrogen-bond acceptors (Lipinski definition) is 17. The third-order valence-corrected chi connectivity index (χ3v) is 21.9. The van der Waals surface area contributed by atoms with Crippen LogP contribution >= 0.6 is 0 Å². The number of allylic oxidation sites excluding steroid dienone is 4. The monoisotopic (exact) mass is 1140 g/mol. The number of sulfonamides is 2. The van der Waals surface area contributed by atoms with E-state index in [1.807, 2.05) is 24.5 Å². The van der Waals surface area contributed by atoms with E-state index in [9.17, 15) is 21.9 Å². The molecular weight excluding hydrogens is 1050 g/mol. The highest BCUT2D eigenvalue weighted by molar-refractivity contribution is 7.88. The summed E-state index contributed by atoms with van der Waals surface area (Å²) >= 11 is 0. The standard InChI is InChI=1S/C23H34N6O3S.C20H27N5O3S.C16H23NO/c1-32-13-12-27-11-8-23(15-27)16-28(17-23)20-5-3-4-18-14-24-22(26-21(18)20)25-19-6-9-29(10-7-19)33(2,30)31;1-29(27,28)25-7-5-15(6-8-25)22-19-21-11-14-3-2-4-17(18(14)23-19)24-12-20(13-24)9-16(26)10-20;1-2-4-14(5-3-1)17-12-16(8-10-18-11-9-16)15(17)13-6-7-13/h3-5,14,19H,6-13,15-17H2,1-2H3,(H,24,25,26);2-4,11,15-16,26H,5-10,12-13H2,1H3,(H,21,22,23);1-2,4,13,15H,3,5-12H2. The van der Waals surface area contributed by atoms with Crippen LogP contribution in [-0.2, 0) is 29.5 Å². The molecule has 19 nitrogen and oxygen atoms in total. The minimum atomic E-state index is -3.12. The number of rotatable bonds is 13. The van der Waals surface area contributed by atoms with E-state index < -0.39 is 20.0 Å². The van der Waals surface area contributed by atoms with Crippen molar-refractivity contribution >= 4 is 65.1 Å². The van der Waals surface area contributed by atoms with Gasteiger partial charge in [-0.25, -0.2) is 45.4 Å². The number of aliphatic hydroxyl groups is 1. The summed E-state index contributed by atoms with van der Waals surface area (Å²) in [6.45, 7) is 13.6. The van der Waals surface area contributed by atoms with E-state index >= 15 is 0 Å². The highest BCUT2D eigenvalue weighted by Gasteiger charge is 2.58. The Morgan fingerprint density at radius 3 is 1.74 bits per heavy atom. The van der Waals surface area contributed by atoms with Crippen LogP contribution in [0.3, 0.4) is 0 Å². The molecule has 3 spiro atoms. The molecule has 2 saturated carbocycles. The van der Waals surface area contributed by atoms with Crippen molar-refractivity contribution < 1.29 is 31.4 Å². The van der Waals surface area contributed by atoms with Crippen molar-refractivity contribution in [2.45, 2.75) is 108 Å². The van der Waals surface area contributed by atoms with E-state index in [2.05, 4.69) is 82.7 Å². The van der Waals surface area contributed by atoms with Gasteiger partial charge in [-0.1, -0.05) is 36.4 Å². The van der Waals surface area contributed by atoms with E-state index in [0.717, 1.165) is 144 Å². The number of nitrogens with one attached hydrogen (secondary N) is 2. The average Bonchev–Trinajstić information content (AvgIpc) is 4.25. The van der Waals surface area contributed by atoms with Gasteiger partial charge in [0.1, 0.15) is 0 Å². The Bertz CT molecular complexity index is 3140. The van der Waals surface area contributed by atoms with Crippen molar-refractivity contribution in [3.8, 4) is 0 Å². The van der Waals surface area contributed by atoms with Gasteiger partial charge < -0.3 is 44.8 Å². The predicted molar refractivity (Wildman–Crippen MR) is 315 cm³/mol. The van der Waals surface area contributed by atoms with Crippen molar-refractivity contribution in [2.24, 2.45) is 22.2 Å². The molecule has 7 aliphatic heterocycles. The van der Waals surface area contributed by atoms with Gasteiger partial charge in [-0.3, -0.25) is 0 Å². The molecule has 21 heteroatoms. The molecule has 0 bridgehead atoms. The van der Waals surface area contributed by atoms with Crippen LogP contribution in [0.25, 0.3) is 21.8 Å². The quantitative estimate of drug-likeness (QED) is 0.137. The summed E-state index contributed by atoms with van der Waals surface area (Å²) in [5.74, 6) is 2.20. The summed E-state index contributed by atoms with van der Waals surface area (Å²) in [7, 11) is -4.48. The number of para-hydroxylation sites is 2. The molecule has 2 aromatic carbocycles. The van der Waals surface area contributed by atoms with Gasteiger partial charge >= 0.3 is 0 Å². The topological polar surface area (TPSA) is 202 Å². The molecule has 1 unspecified atom stereocenters. The number of hydrogen-bond donors (Lipinski definition) is 3. The Kier molecular flexibility index (Phi) is 15.9. The maximum atomic E-state index is 11.8. The largest absolute Gasteiger partial charge is 0.393 e. The fourth-order valence-electron chi connectivity index (χ4n) is 14.8. The first-order valence-electron chi connectivity index (χ1n) is 29.6. The number of nitrogens with zero attached hydrogens (tertiary/aromatic N) is 10. The number of likely N-dealkylation sites (tertiary alicyclic amines) is 2. The van der Waals surface area contributed by atoms with Gasteiger partial charge in [0.05, 0.1) is 47.6 Å². The first kappa shape index (κ1) is 55.8. The van der Waals surface area contributed by atoms with Gasteiger partial charge in [0.2, 0.25) is 31.9 Å². The lowest BCUT2D eigenvalue weighted by Gasteiger charge is -2.61. The Balaban J connectivity index is 0.000000124. The summed E-state index contributed by atoms with van der Waals surface area (Å²) in [5, 5.41) is 18.5. The maximum absolute atomic E-state index is 11.8. The van der Waals surface area contributed by atoms with Gasteiger partial charge in [0.25, 0.3) is 0 Å². The number of methoxy groups -OCH3 is 1. The van der Waals surface area contributed by atoms with E-state index in [1.54, 1.807) is 17.1 Å². The second-order valence-corrected chi connectivity index (χ2v) is 29.2. The lowest BCUT2D eigenvalue weighted by atomic mass is 9.62. The third-order valence-electron chi connectivity index (χ3n) is 19.3. The number of ether oxygens (including phenoxy) is 2. The van der Waals surface area contributed by atoms with Crippen LogP contribution < -0.4 is 20.4 Å². The zero-order valence-corrected chi connectivity index (χ0v) is 48.9. The number of aromatic nitrogens is 4. The zero-order valence-electron chi connectivity index (χ0n) is 47.2. The van der Waals surface area contributed by atoms with E-state index in [-0.39, 0.29) is 18.2 Å². The molecule has 2 aromatic heterocycles. The smallest absolute Gasteiger partial charge is 0.223 e. The van der Waals surface area contributed by atoms with Gasteiger partial charge in [-0.2, -0.15) is 0 Å². The van der Waals surface area contributed by atoms with E-state index in [1.165, 1.54) is 74.0 Å². The van der Waals surface area contributed by atoms with Crippen molar-refractivity contribution in [1.29, 1.82) is 0 Å². The lowest BCUT2D eigenvalue weighted by Crippen LogP contribution is -2.66. The molecule has 10 aliphatic rings. The molecule has 0 radical (unpaired) electrons. The van der Waals surface area contributed by atoms with Crippen LogP contribution in [0, 0.1) is 22.2 Å². The minimum absolute atomic E-state index is 0.128. The number of anilines is 4. The highest BCUT2D eigenvalue weighted by Crippen LogP contribution is 2.57. The first-order valence-corrected chi connectivity index (χ1v) is 33.3. The summed E-state index contributed by atoms with van der Waals surface area (Å²) in [4.78, 5) is 28.7. The Hall–Kier alpha value is -4.74.